The van der Waals surface area contributed by atoms with E-state index in [1.165, 1.54) is 0 Å². The first-order valence-corrected chi connectivity index (χ1v) is 3.77. The van der Waals surface area contributed by atoms with Gasteiger partial charge in [0.05, 0.1) is 40.1 Å². The molecule has 2 aromatic rings. The minimum Gasteiger partial charge on any atom is -0.286 e. The normalized spacial score (nSPS) is 10.5. The van der Waals surface area contributed by atoms with Crippen LogP contribution in [0.25, 0.3) is 11.0 Å². The summed E-state index contributed by atoms with van der Waals surface area (Å²) in [5.74, 6) is 0. The fourth-order valence-electron chi connectivity index (χ4n) is 0.841. The van der Waals surface area contributed by atoms with Crippen LogP contribution in [0.1, 0.15) is 0 Å². The summed E-state index contributed by atoms with van der Waals surface area (Å²) >= 11 is 2.19. The Morgan fingerprint density at radius 2 is 2.40 bits per heavy atom. The van der Waals surface area contributed by atoms with Crippen molar-refractivity contribution in [2.75, 3.05) is 0 Å². The second kappa shape index (κ2) is 2.19. The lowest BCUT2D eigenvalue weighted by Gasteiger charge is -1.88. The van der Waals surface area contributed by atoms with Gasteiger partial charge in [0.15, 0.2) is 0 Å². The molecule has 2 aromatic heterocycles. The van der Waals surface area contributed by atoms with Gasteiger partial charge in [-0.2, -0.15) is 0 Å². The molecule has 0 N–H and O–H groups in total. The van der Waals surface area contributed by atoms with Gasteiger partial charge in [-0.25, -0.2) is 9.97 Å². The molecule has 0 aromatic carbocycles. The topological polar surface area (TPSA) is 30.7 Å². The van der Waals surface area contributed by atoms with Crippen LogP contribution in [0.5, 0.6) is 0 Å². The molecule has 0 aliphatic heterocycles. The van der Waals surface area contributed by atoms with Crippen molar-refractivity contribution in [2.24, 2.45) is 0 Å². The second-order valence-electron chi connectivity index (χ2n) is 1.92. The molecule has 0 bridgehead atoms. The molecule has 50 valence electrons. The summed E-state index contributed by atoms with van der Waals surface area (Å²) in [5.41, 5.74) is 2.05. The maximum Gasteiger partial charge on any atom is 0.116 e. The lowest BCUT2D eigenvalue weighted by atomic mass is 10.5. The number of rotatable bonds is 0. The van der Waals surface area contributed by atoms with Gasteiger partial charge >= 0.3 is 0 Å². The number of halogens is 1. The standard InChI is InChI=1S/C6H4IN3/c7-10-2-1-5-6(10)3-8-4-9-5/h1-4H. The molecule has 0 unspecified atom stereocenters. The summed E-state index contributed by atoms with van der Waals surface area (Å²) in [6.45, 7) is 0. The highest BCUT2D eigenvalue weighted by Gasteiger charge is 1.96. The van der Waals surface area contributed by atoms with Crippen molar-refractivity contribution in [3.05, 3.63) is 24.8 Å². The van der Waals surface area contributed by atoms with Crippen LogP contribution in [0, 0.1) is 0 Å². The third kappa shape index (κ3) is 0.792. The quantitative estimate of drug-likeness (QED) is 0.660. The van der Waals surface area contributed by atoms with Crippen LogP contribution < -0.4 is 0 Å². The van der Waals surface area contributed by atoms with Crippen molar-refractivity contribution >= 4 is 33.9 Å². The van der Waals surface area contributed by atoms with Gasteiger partial charge in [-0.3, -0.25) is 2.78 Å². The molecule has 0 saturated heterocycles. The van der Waals surface area contributed by atoms with E-state index in [1.54, 1.807) is 12.5 Å². The molecule has 2 heterocycles. The van der Waals surface area contributed by atoms with Crippen LogP contribution in [0.4, 0.5) is 0 Å². The van der Waals surface area contributed by atoms with Gasteiger partial charge in [-0.1, -0.05) is 0 Å². The minimum atomic E-state index is 0.990. The van der Waals surface area contributed by atoms with Gasteiger partial charge in [0.1, 0.15) is 6.33 Å². The minimum absolute atomic E-state index is 0.990. The Hall–Kier alpha value is -0.650. The lowest BCUT2D eigenvalue weighted by molar-refractivity contribution is 1.21. The molecular weight excluding hydrogens is 241 g/mol. The van der Waals surface area contributed by atoms with Crippen LogP contribution in [-0.4, -0.2) is 12.7 Å². The third-order valence-corrected chi connectivity index (χ3v) is 2.16. The summed E-state index contributed by atoms with van der Waals surface area (Å²) in [6, 6.07) is 1.96. The van der Waals surface area contributed by atoms with Gasteiger partial charge in [0.2, 0.25) is 0 Å². The van der Waals surface area contributed by atoms with E-state index in [0.29, 0.717) is 0 Å². The zero-order chi connectivity index (χ0) is 6.97. The largest absolute Gasteiger partial charge is 0.286 e. The van der Waals surface area contributed by atoms with Crippen molar-refractivity contribution in [1.29, 1.82) is 0 Å². The van der Waals surface area contributed by atoms with Gasteiger partial charge < -0.3 is 0 Å². The maximum atomic E-state index is 4.07. The number of fused-ring (bicyclic) bond motifs is 1. The predicted octanol–water partition coefficient (Wildman–Crippen LogP) is 1.63. The molecule has 4 heteroatoms. The fourth-order valence-corrected chi connectivity index (χ4v) is 1.37. The average molecular weight is 245 g/mol. The van der Waals surface area contributed by atoms with Crippen LogP contribution in [-0.2, 0) is 0 Å². The Morgan fingerprint density at radius 1 is 1.50 bits per heavy atom. The molecule has 0 saturated carbocycles. The number of hydrogen-bond donors (Lipinski definition) is 0. The zero-order valence-corrected chi connectivity index (χ0v) is 7.19. The summed E-state index contributed by atoms with van der Waals surface area (Å²) < 4.78 is 1.97. The van der Waals surface area contributed by atoms with E-state index in [1.807, 2.05) is 15.0 Å². The van der Waals surface area contributed by atoms with E-state index < -0.39 is 0 Å². The Morgan fingerprint density at radius 3 is 3.20 bits per heavy atom. The molecular formula is C6H4IN3. The molecule has 0 aliphatic carbocycles. The van der Waals surface area contributed by atoms with Gasteiger partial charge in [0, 0.05) is 6.20 Å². The molecule has 3 nitrogen and oxygen atoms in total. The first kappa shape index (κ1) is 6.09. The molecule has 0 radical (unpaired) electrons. The molecule has 0 aliphatic rings. The Balaban J connectivity index is 2.93. The Labute approximate surface area is 71.6 Å². The van der Waals surface area contributed by atoms with Crippen LogP contribution in [0.15, 0.2) is 24.8 Å². The first-order chi connectivity index (χ1) is 4.88. The molecule has 0 amide bonds. The summed E-state index contributed by atoms with van der Waals surface area (Å²) in [4.78, 5) is 7.97. The SMILES string of the molecule is In1ccc2ncncc21. The first-order valence-electron chi connectivity index (χ1n) is 2.81. The monoisotopic (exact) mass is 245 g/mol. The van der Waals surface area contributed by atoms with E-state index >= 15 is 0 Å². The van der Waals surface area contributed by atoms with Crippen LogP contribution in [0.2, 0.25) is 0 Å². The number of aromatic nitrogens is 3. The fraction of sp³-hybridized carbons (Fsp3) is 0. The molecule has 0 fully saturated rings. The van der Waals surface area contributed by atoms with Crippen molar-refractivity contribution in [3.8, 4) is 0 Å². The summed E-state index contributed by atoms with van der Waals surface area (Å²) in [5, 5.41) is 0. The predicted molar refractivity (Wildman–Crippen MR) is 46.9 cm³/mol. The second-order valence-corrected chi connectivity index (χ2v) is 2.96. The van der Waals surface area contributed by atoms with Crippen molar-refractivity contribution in [1.82, 2.24) is 12.7 Å². The van der Waals surface area contributed by atoms with Crippen molar-refractivity contribution in [3.63, 3.8) is 0 Å². The van der Waals surface area contributed by atoms with E-state index in [0.717, 1.165) is 11.0 Å². The highest BCUT2D eigenvalue weighted by molar-refractivity contribution is 14.1. The van der Waals surface area contributed by atoms with Gasteiger partial charge in [-0.05, 0) is 6.07 Å². The molecule has 2 rings (SSSR count). The maximum absolute atomic E-state index is 4.07. The average Bonchev–Trinajstić information content (AvgIpc) is 2.34. The highest BCUT2D eigenvalue weighted by atomic mass is 127. The third-order valence-electron chi connectivity index (χ3n) is 1.32. The smallest absolute Gasteiger partial charge is 0.116 e. The van der Waals surface area contributed by atoms with E-state index in [9.17, 15) is 0 Å². The van der Waals surface area contributed by atoms with Crippen molar-refractivity contribution < 1.29 is 0 Å². The summed E-state index contributed by atoms with van der Waals surface area (Å²) in [7, 11) is 0. The number of nitrogens with zero attached hydrogens (tertiary/aromatic N) is 3. The highest BCUT2D eigenvalue weighted by Crippen LogP contribution is 2.12. The Bertz CT molecular complexity index is 355. The van der Waals surface area contributed by atoms with E-state index in [2.05, 4.69) is 32.8 Å². The summed E-state index contributed by atoms with van der Waals surface area (Å²) in [6.07, 6.45) is 5.31. The lowest BCUT2D eigenvalue weighted by Crippen LogP contribution is -1.79. The van der Waals surface area contributed by atoms with Crippen LogP contribution in [0.3, 0.4) is 0 Å². The van der Waals surface area contributed by atoms with E-state index in [-0.39, 0.29) is 0 Å². The zero-order valence-electron chi connectivity index (χ0n) is 5.03. The van der Waals surface area contributed by atoms with E-state index in [4.69, 9.17) is 0 Å². The van der Waals surface area contributed by atoms with Gasteiger partial charge in [0.25, 0.3) is 0 Å². The molecule has 0 spiro atoms. The number of hydrogen-bond acceptors (Lipinski definition) is 2. The van der Waals surface area contributed by atoms with Gasteiger partial charge in [-0.15, -0.1) is 0 Å². The van der Waals surface area contributed by atoms with Crippen LogP contribution >= 0.6 is 22.9 Å². The molecule has 0 atom stereocenters. The van der Waals surface area contributed by atoms with Crippen molar-refractivity contribution in [2.45, 2.75) is 0 Å². The molecule has 10 heavy (non-hydrogen) atoms. The Kier molecular flexibility index (Phi) is 1.33.